The molecule has 0 saturated heterocycles. The molecule has 1 aromatic carbocycles. The third-order valence-electron chi connectivity index (χ3n) is 3.19. The maximum Gasteiger partial charge on any atom is 0.100 e. The standard InChI is InChI=1S/C15H20N4/c1-4-12(2)10-14(16-3)15-11-17-19(18-15)13-8-6-5-7-9-13/h5-9,11,14,16H,2,4,10H2,1,3H3. The van der Waals surface area contributed by atoms with Crippen LogP contribution in [-0.2, 0) is 0 Å². The zero-order valence-electron chi connectivity index (χ0n) is 11.5. The van der Waals surface area contributed by atoms with Gasteiger partial charge in [-0.2, -0.15) is 15.0 Å². The normalized spacial score (nSPS) is 12.3. The molecule has 0 radical (unpaired) electrons. The van der Waals surface area contributed by atoms with Crippen molar-refractivity contribution in [2.45, 2.75) is 25.8 Å². The number of nitrogens with one attached hydrogen (secondary N) is 1. The lowest BCUT2D eigenvalue weighted by Gasteiger charge is -2.13. The van der Waals surface area contributed by atoms with Gasteiger partial charge in [-0.05, 0) is 32.0 Å². The summed E-state index contributed by atoms with van der Waals surface area (Å²) in [7, 11) is 1.94. The minimum absolute atomic E-state index is 0.171. The van der Waals surface area contributed by atoms with E-state index in [0.29, 0.717) is 0 Å². The molecule has 1 N–H and O–H groups in total. The van der Waals surface area contributed by atoms with E-state index in [2.05, 4.69) is 29.0 Å². The van der Waals surface area contributed by atoms with Gasteiger partial charge >= 0.3 is 0 Å². The molecule has 0 fully saturated rings. The Morgan fingerprint density at radius 2 is 2.11 bits per heavy atom. The van der Waals surface area contributed by atoms with Gasteiger partial charge < -0.3 is 5.32 Å². The number of aromatic nitrogens is 3. The maximum absolute atomic E-state index is 4.54. The first-order valence-electron chi connectivity index (χ1n) is 6.56. The smallest absolute Gasteiger partial charge is 0.100 e. The predicted molar refractivity (Wildman–Crippen MR) is 77.2 cm³/mol. The van der Waals surface area contributed by atoms with E-state index in [1.165, 1.54) is 5.57 Å². The lowest BCUT2D eigenvalue weighted by molar-refractivity contribution is 0.559. The van der Waals surface area contributed by atoms with Gasteiger partial charge in [0, 0.05) is 0 Å². The second kappa shape index (κ2) is 6.29. The number of hydrogen-bond donors (Lipinski definition) is 1. The number of benzene rings is 1. The summed E-state index contributed by atoms with van der Waals surface area (Å²) in [4.78, 5) is 1.66. The molecular formula is C15H20N4. The second-order valence-electron chi connectivity index (χ2n) is 4.54. The van der Waals surface area contributed by atoms with Crippen LogP contribution in [0.4, 0.5) is 0 Å². The van der Waals surface area contributed by atoms with Gasteiger partial charge in [0.1, 0.15) is 5.69 Å². The highest BCUT2D eigenvalue weighted by atomic mass is 15.5. The average molecular weight is 256 g/mol. The number of rotatable bonds is 6. The van der Waals surface area contributed by atoms with E-state index in [-0.39, 0.29) is 6.04 Å². The second-order valence-corrected chi connectivity index (χ2v) is 4.54. The lowest BCUT2D eigenvalue weighted by atomic mass is 10.0. The SMILES string of the molecule is C=C(CC)CC(NC)c1cnn(-c2ccccc2)n1. The molecule has 0 aliphatic carbocycles. The van der Waals surface area contributed by atoms with Crippen LogP contribution in [0.25, 0.3) is 5.69 Å². The quantitative estimate of drug-likeness (QED) is 0.808. The third kappa shape index (κ3) is 3.29. The molecule has 0 spiro atoms. The summed E-state index contributed by atoms with van der Waals surface area (Å²) >= 11 is 0. The molecule has 1 aromatic heterocycles. The Bertz CT molecular complexity index is 530. The van der Waals surface area contributed by atoms with Crippen LogP contribution in [0.3, 0.4) is 0 Å². The van der Waals surface area contributed by atoms with Crippen LogP contribution >= 0.6 is 0 Å². The molecule has 19 heavy (non-hydrogen) atoms. The zero-order chi connectivity index (χ0) is 13.7. The first kappa shape index (κ1) is 13.5. The predicted octanol–water partition coefficient (Wildman–Crippen LogP) is 2.88. The largest absolute Gasteiger partial charge is 0.311 e. The van der Waals surface area contributed by atoms with Gasteiger partial charge in [-0.25, -0.2) is 0 Å². The monoisotopic (exact) mass is 256 g/mol. The van der Waals surface area contributed by atoms with Gasteiger partial charge in [0.15, 0.2) is 0 Å². The van der Waals surface area contributed by atoms with Crippen molar-refractivity contribution in [1.29, 1.82) is 0 Å². The van der Waals surface area contributed by atoms with E-state index >= 15 is 0 Å². The molecule has 2 aromatic rings. The number of nitrogens with zero attached hydrogens (tertiary/aromatic N) is 3. The average Bonchev–Trinajstić information content (AvgIpc) is 2.95. The van der Waals surface area contributed by atoms with Crippen LogP contribution in [-0.4, -0.2) is 22.0 Å². The van der Waals surface area contributed by atoms with Gasteiger partial charge in [-0.15, -0.1) is 0 Å². The summed E-state index contributed by atoms with van der Waals surface area (Å²) in [6.07, 6.45) is 3.70. The van der Waals surface area contributed by atoms with E-state index in [9.17, 15) is 0 Å². The van der Waals surface area contributed by atoms with Crippen molar-refractivity contribution in [3.05, 3.63) is 54.4 Å². The highest BCUT2D eigenvalue weighted by Crippen LogP contribution is 2.19. The first-order valence-corrected chi connectivity index (χ1v) is 6.56. The van der Waals surface area contributed by atoms with Crippen LogP contribution in [0.2, 0.25) is 0 Å². The Morgan fingerprint density at radius 1 is 1.37 bits per heavy atom. The minimum atomic E-state index is 0.171. The molecule has 1 unspecified atom stereocenters. The van der Waals surface area contributed by atoms with Crippen molar-refractivity contribution in [3.63, 3.8) is 0 Å². The van der Waals surface area contributed by atoms with Gasteiger partial charge in [-0.1, -0.05) is 37.3 Å². The molecule has 2 rings (SSSR count). The Hall–Kier alpha value is -1.94. The lowest BCUT2D eigenvalue weighted by Crippen LogP contribution is -2.17. The van der Waals surface area contributed by atoms with Gasteiger partial charge in [0.25, 0.3) is 0 Å². The Kier molecular flexibility index (Phi) is 4.47. The maximum atomic E-state index is 4.54. The summed E-state index contributed by atoms with van der Waals surface area (Å²) in [6, 6.07) is 10.1. The van der Waals surface area contributed by atoms with Gasteiger partial charge in [0.05, 0.1) is 17.9 Å². The summed E-state index contributed by atoms with van der Waals surface area (Å²) in [5.74, 6) is 0. The molecule has 4 heteroatoms. The Labute approximate surface area is 114 Å². The molecule has 4 nitrogen and oxygen atoms in total. The Morgan fingerprint density at radius 3 is 2.74 bits per heavy atom. The topological polar surface area (TPSA) is 42.7 Å². The fourth-order valence-electron chi connectivity index (χ4n) is 1.91. The van der Waals surface area contributed by atoms with Crippen molar-refractivity contribution in [3.8, 4) is 5.69 Å². The van der Waals surface area contributed by atoms with Crippen molar-refractivity contribution < 1.29 is 0 Å². The van der Waals surface area contributed by atoms with Crippen molar-refractivity contribution >= 4 is 0 Å². The highest BCUT2D eigenvalue weighted by Gasteiger charge is 2.14. The van der Waals surface area contributed by atoms with E-state index in [1.807, 2.05) is 43.6 Å². The minimum Gasteiger partial charge on any atom is -0.311 e. The van der Waals surface area contributed by atoms with E-state index in [1.54, 1.807) is 4.80 Å². The number of para-hydroxylation sites is 1. The zero-order valence-corrected chi connectivity index (χ0v) is 11.5. The molecule has 1 heterocycles. The molecule has 0 bridgehead atoms. The van der Waals surface area contributed by atoms with Crippen LogP contribution in [0.15, 0.2) is 48.7 Å². The molecule has 0 amide bonds. The van der Waals surface area contributed by atoms with Crippen LogP contribution < -0.4 is 5.32 Å². The van der Waals surface area contributed by atoms with E-state index < -0.39 is 0 Å². The molecule has 1 atom stereocenters. The van der Waals surface area contributed by atoms with Crippen molar-refractivity contribution in [1.82, 2.24) is 20.3 Å². The molecule has 0 aliphatic rings. The van der Waals surface area contributed by atoms with Crippen molar-refractivity contribution in [2.75, 3.05) is 7.05 Å². The highest BCUT2D eigenvalue weighted by molar-refractivity contribution is 5.28. The van der Waals surface area contributed by atoms with E-state index in [4.69, 9.17) is 0 Å². The van der Waals surface area contributed by atoms with E-state index in [0.717, 1.165) is 24.2 Å². The molecule has 0 saturated carbocycles. The summed E-state index contributed by atoms with van der Waals surface area (Å²) in [5.41, 5.74) is 3.13. The Balaban J connectivity index is 2.17. The summed E-state index contributed by atoms with van der Waals surface area (Å²) in [6.45, 7) is 6.18. The van der Waals surface area contributed by atoms with Crippen LogP contribution in [0, 0.1) is 0 Å². The first-order chi connectivity index (χ1) is 9.24. The summed E-state index contributed by atoms with van der Waals surface area (Å²) in [5, 5.41) is 12.1. The van der Waals surface area contributed by atoms with Crippen molar-refractivity contribution in [2.24, 2.45) is 0 Å². The van der Waals surface area contributed by atoms with Gasteiger partial charge in [0.2, 0.25) is 0 Å². The summed E-state index contributed by atoms with van der Waals surface area (Å²) < 4.78 is 0. The fraction of sp³-hybridized carbons (Fsp3) is 0.333. The number of hydrogen-bond acceptors (Lipinski definition) is 3. The fourth-order valence-corrected chi connectivity index (χ4v) is 1.91. The third-order valence-corrected chi connectivity index (χ3v) is 3.19. The van der Waals surface area contributed by atoms with Crippen LogP contribution in [0.1, 0.15) is 31.5 Å². The molecular weight excluding hydrogens is 236 g/mol. The molecule has 0 aliphatic heterocycles. The molecule has 100 valence electrons. The van der Waals surface area contributed by atoms with Crippen LogP contribution in [0.5, 0.6) is 0 Å². The van der Waals surface area contributed by atoms with Gasteiger partial charge in [-0.3, -0.25) is 0 Å².